The molecule has 0 spiro atoms. The SMILES string of the molecule is CCc1cc(CC)cc(CC)c1.CCc1cccc(CC)c1CC. The maximum Gasteiger partial charge on any atom is -0.0302 e. The van der Waals surface area contributed by atoms with Crippen LogP contribution in [0.15, 0.2) is 36.4 Å². The number of rotatable bonds is 6. The molecule has 0 aromatic heterocycles. The standard InChI is InChI=1S/2C12H18/c1-4-10-7-11(5-2)9-12(6-3)8-10;1-4-10-8-7-9-11(5-2)12(10)6-3/h2*7-9H,4-6H2,1-3H3. The van der Waals surface area contributed by atoms with Gasteiger partial charge in [-0.25, -0.2) is 0 Å². The van der Waals surface area contributed by atoms with Crippen molar-refractivity contribution in [2.45, 2.75) is 80.1 Å². The normalized spacial score (nSPS) is 10.2. The van der Waals surface area contributed by atoms with E-state index in [2.05, 4.69) is 77.9 Å². The predicted molar refractivity (Wildman–Crippen MR) is 109 cm³/mol. The van der Waals surface area contributed by atoms with E-state index in [1.165, 1.54) is 34.2 Å². The lowest BCUT2D eigenvalue weighted by atomic mass is 9.96. The van der Waals surface area contributed by atoms with E-state index >= 15 is 0 Å². The fourth-order valence-electron chi connectivity index (χ4n) is 3.26. The Kier molecular flexibility index (Phi) is 9.45. The Morgan fingerprint density at radius 3 is 1.12 bits per heavy atom. The molecule has 0 nitrogen and oxygen atoms in total. The molecule has 0 saturated carbocycles. The van der Waals surface area contributed by atoms with Crippen LogP contribution < -0.4 is 0 Å². The molecule has 0 saturated heterocycles. The van der Waals surface area contributed by atoms with Crippen LogP contribution in [0.25, 0.3) is 0 Å². The van der Waals surface area contributed by atoms with Gasteiger partial charge in [-0.3, -0.25) is 0 Å². The Hall–Kier alpha value is -1.56. The van der Waals surface area contributed by atoms with E-state index < -0.39 is 0 Å². The molecule has 0 atom stereocenters. The average Bonchev–Trinajstić information content (AvgIpc) is 2.66. The van der Waals surface area contributed by atoms with Gasteiger partial charge in [0.05, 0.1) is 0 Å². The quantitative estimate of drug-likeness (QED) is 0.551. The van der Waals surface area contributed by atoms with Crippen molar-refractivity contribution in [1.82, 2.24) is 0 Å². The molecule has 2 aromatic carbocycles. The fourth-order valence-corrected chi connectivity index (χ4v) is 3.26. The number of aryl methyl sites for hydroxylation is 5. The van der Waals surface area contributed by atoms with Gasteiger partial charge >= 0.3 is 0 Å². The van der Waals surface area contributed by atoms with Crippen LogP contribution in [-0.2, 0) is 38.5 Å². The molecule has 2 aromatic rings. The van der Waals surface area contributed by atoms with Gasteiger partial charge in [0.1, 0.15) is 0 Å². The van der Waals surface area contributed by atoms with Crippen LogP contribution in [0.4, 0.5) is 0 Å². The smallest absolute Gasteiger partial charge is 0.0302 e. The lowest BCUT2D eigenvalue weighted by Gasteiger charge is -2.10. The Bertz CT molecular complexity index is 530. The summed E-state index contributed by atoms with van der Waals surface area (Å²) in [4.78, 5) is 0. The maximum absolute atomic E-state index is 2.32. The summed E-state index contributed by atoms with van der Waals surface area (Å²) < 4.78 is 0. The second kappa shape index (κ2) is 11.1. The number of hydrogen-bond donors (Lipinski definition) is 0. The number of benzene rings is 2. The molecule has 0 amide bonds. The maximum atomic E-state index is 2.32. The molecule has 2 rings (SSSR count). The Morgan fingerprint density at radius 2 is 0.875 bits per heavy atom. The van der Waals surface area contributed by atoms with Crippen LogP contribution in [0.1, 0.15) is 74.9 Å². The Labute approximate surface area is 150 Å². The largest absolute Gasteiger partial charge is 0.0617 e. The van der Waals surface area contributed by atoms with Gasteiger partial charge in [-0.05, 0) is 71.9 Å². The van der Waals surface area contributed by atoms with Gasteiger partial charge in [0.25, 0.3) is 0 Å². The zero-order chi connectivity index (χ0) is 17.9. The minimum Gasteiger partial charge on any atom is -0.0617 e. The molecule has 0 aliphatic carbocycles. The molecule has 0 radical (unpaired) electrons. The average molecular weight is 325 g/mol. The lowest BCUT2D eigenvalue weighted by Crippen LogP contribution is -1.96. The summed E-state index contributed by atoms with van der Waals surface area (Å²) in [5.41, 5.74) is 9.06. The van der Waals surface area contributed by atoms with E-state index in [-0.39, 0.29) is 0 Å². The van der Waals surface area contributed by atoms with Crippen molar-refractivity contribution < 1.29 is 0 Å². The van der Waals surface area contributed by atoms with E-state index in [9.17, 15) is 0 Å². The highest BCUT2D eigenvalue weighted by molar-refractivity contribution is 5.35. The zero-order valence-electron chi connectivity index (χ0n) is 16.7. The highest BCUT2D eigenvalue weighted by Gasteiger charge is 2.02. The first kappa shape index (κ1) is 20.5. The highest BCUT2D eigenvalue weighted by Crippen LogP contribution is 2.16. The number of hydrogen-bond acceptors (Lipinski definition) is 0. The third-order valence-corrected chi connectivity index (χ3v) is 4.82. The van der Waals surface area contributed by atoms with Crippen molar-refractivity contribution in [1.29, 1.82) is 0 Å². The predicted octanol–water partition coefficient (Wildman–Crippen LogP) is 6.75. The molecule has 0 bridgehead atoms. The van der Waals surface area contributed by atoms with Gasteiger partial charge in [-0.1, -0.05) is 77.9 Å². The van der Waals surface area contributed by atoms with E-state index in [0.29, 0.717) is 0 Å². The van der Waals surface area contributed by atoms with Gasteiger partial charge in [0.2, 0.25) is 0 Å². The van der Waals surface area contributed by atoms with E-state index in [0.717, 1.165) is 32.1 Å². The first-order chi connectivity index (χ1) is 11.6. The second-order valence-electron chi connectivity index (χ2n) is 6.33. The van der Waals surface area contributed by atoms with Gasteiger partial charge in [0.15, 0.2) is 0 Å². The van der Waals surface area contributed by atoms with Crippen LogP contribution in [0.5, 0.6) is 0 Å². The molecule has 0 fully saturated rings. The Balaban J connectivity index is 0.000000240. The van der Waals surface area contributed by atoms with Gasteiger partial charge in [0, 0.05) is 0 Å². The van der Waals surface area contributed by atoms with E-state index in [4.69, 9.17) is 0 Å². The van der Waals surface area contributed by atoms with Crippen molar-refractivity contribution >= 4 is 0 Å². The highest BCUT2D eigenvalue weighted by atomic mass is 14.1. The van der Waals surface area contributed by atoms with Crippen LogP contribution in [0.3, 0.4) is 0 Å². The fraction of sp³-hybridized carbons (Fsp3) is 0.500. The lowest BCUT2D eigenvalue weighted by molar-refractivity contribution is 0.981. The van der Waals surface area contributed by atoms with Crippen molar-refractivity contribution in [3.63, 3.8) is 0 Å². The summed E-state index contributed by atoms with van der Waals surface area (Å²) in [5, 5.41) is 0. The summed E-state index contributed by atoms with van der Waals surface area (Å²) in [6.07, 6.45) is 6.96. The van der Waals surface area contributed by atoms with Gasteiger partial charge in [-0.2, -0.15) is 0 Å². The van der Waals surface area contributed by atoms with Crippen molar-refractivity contribution in [3.05, 3.63) is 69.8 Å². The molecular formula is C24H36. The molecule has 0 aliphatic heterocycles. The van der Waals surface area contributed by atoms with Crippen LogP contribution in [0.2, 0.25) is 0 Å². The minimum absolute atomic E-state index is 1.15. The first-order valence-electron chi connectivity index (χ1n) is 9.84. The minimum atomic E-state index is 1.15. The van der Waals surface area contributed by atoms with Crippen LogP contribution in [-0.4, -0.2) is 0 Å². The summed E-state index contributed by atoms with van der Waals surface area (Å²) in [5.74, 6) is 0. The third kappa shape index (κ3) is 5.82. The summed E-state index contributed by atoms with van der Waals surface area (Å²) in [6, 6.07) is 13.6. The molecule has 132 valence electrons. The topological polar surface area (TPSA) is 0 Å². The molecular weight excluding hydrogens is 288 g/mol. The monoisotopic (exact) mass is 324 g/mol. The van der Waals surface area contributed by atoms with E-state index in [1.807, 2.05) is 0 Å². The molecule has 0 heterocycles. The summed E-state index contributed by atoms with van der Waals surface area (Å²) in [6.45, 7) is 13.4. The van der Waals surface area contributed by atoms with Crippen molar-refractivity contribution in [2.75, 3.05) is 0 Å². The molecule has 0 unspecified atom stereocenters. The molecule has 0 heteroatoms. The van der Waals surface area contributed by atoms with Gasteiger partial charge in [-0.15, -0.1) is 0 Å². The third-order valence-electron chi connectivity index (χ3n) is 4.82. The summed E-state index contributed by atoms with van der Waals surface area (Å²) >= 11 is 0. The summed E-state index contributed by atoms with van der Waals surface area (Å²) in [7, 11) is 0. The molecule has 0 aliphatic rings. The van der Waals surface area contributed by atoms with Crippen molar-refractivity contribution in [2.24, 2.45) is 0 Å². The van der Waals surface area contributed by atoms with Crippen LogP contribution in [0, 0.1) is 0 Å². The first-order valence-corrected chi connectivity index (χ1v) is 9.84. The molecule has 24 heavy (non-hydrogen) atoms. The van der Waals surface area contributed by atoms with Crippen molar-refractivity contribution in [3.8, 4) is 0 Å². The molecule has 0 N–H and O–H groups in total. The Morgan fingerprint density at radius 1 is 0.500 bits per heavy atom. The van der Waals surface area contributed by atoms with Crippen LogP contribution >= 0.6 is 0 Å². The zero-order valence-corrected chi connectivity index (χ0v) is 16.7. The van der Waals surface area contributed by atoms with Gasteiger partial charge < -0.3 is 0 Å². The van der Waals surface area contributed by atoms with E-state index in [1.54, 1.807) is 5.56 Å². The second-order valence-corrected chi connectivity index (χ2v) is 6.33.